The number of fused-ring (bicyclic) bond motifs is 1. The van der Waals surface area contributed by atoms with E-state index in [1.165, 1.54) is 19.2 Å². The summed E-state index contributed by atoms with van der Waals surface area (Å²) in [7, 11) is 1.47. The molecule has 0 spiro atoms. The van der Waals surface area contributed by atoms with E-state index in [-0.39, 0.29) is 22.5 Å². The predicted octanol–water partition coefficient (Wildman–Crippen LogP) is 3.46. The molecule has 2 aromatic carbocycles. The first kappa shape index (κ1) is 15.1. The van der Waals surface area contributed by atoms with Crippen LogP contribution in [-0.2, 0) is 6.18 Å². The van der Waals surface area contributed by atoms with E-state index in [1.807, 2.05) is 0 Å². The highest BCUT2D eigenvalue weighted by Gasteiger charge is 2.31. The van der Waals surface area contributed by atoms with E-state index in [1.54, 1.807) is 13.0 Å². The first-order valence-electron chi connectivity index (χ1n) is 6.62. The second-order valence-electron chi connectivity index (χ2n) is 5.00. The molecule has 0 amide bonds. The third-order valence-electron chi connectivity index (χ3n) is 3.41. The fourth-order valence-corrected chi connectivity index (χ4v) is 2.20. The number of phenols is 1. The van der Waals surface area contributed by atoms with Crippen LogP contribution in [0.2, 0.25) is 0 Å². The SMILES string of the molecule is COc1cc(C)c(O)c(-n2nc3ccc(C(F)(F)F)cc3n2)c1. The molecular formula is C15H12F3N3O2. The van der Waals surface area contributed by atoms with Gasteiger partial charge in [-0.1, -0.05) is 0 Å². The van der Waals surface area contributed by atoms with Crippen molar-refractivity contribution in [2.75, 3.05) is 7.11 Å². The van der Waals surface area contributed by atoms with Gasteiger partial charge in [-0.15, -0.1) is 15.0 Å². The van der Waals surface area contributed by atoms with Gasteiger partial charge in [0, 0.05) is 6.07 Å². The van der Waals surface area contributed by atoms with Crippen molar-refractivity contribution < 1.29 is 23.0 Å². The van der Waals surface area contributed by atoms with Crippen LogP contribution in [-0.4, -0.2) is 27.2 Å². The van der Waals surface area contributed by atoms with Gasteiger partial charge in [-0.3, -0.25) is 0 Å². The van der Waals surface area contributed by atoms with Crippen molar-refractivity contribution >= 4 is 11.0 Å². The molecule has 5 nitrogen and oxygen atoms in total. The molecule has 23 heavy (non-hydrogen) atoms. The van der Waals surface area contributed by atoms with E-state index in [0.717, 1.165) is 16.9 Å². The van der Waals surface area contributed by atoms with Crippen molar-refractivity contribution in [3.8, 4) is 17.2 Å². The van der Waals surface area contributed by atoms with Gasteiger partial charge in [-0.25, -0.2) is 0 Å². The molecule has 0 saturated carbocycles. The first-order chi connectivity index (χ1) is 10.8. The monoisotopic (exact) mass is 323 g/mol. The van der Waals surface area contributed by atoms with Gasteiger partial charge < -0.3 is 9.84 Å². The standard InChI is InChI=1S/C15H12F3N3O2/c1-8-5-10(23-2)7-13(14(8)22)21-19-11-4-3-9(15(16,17)18)6-12(11)20-21/h3-7,22H,1-2H3. The minimum Gasteiger partial charge on any atom is -0.505 e. The highest BCUT2D eigenvalue weighted by molar-refractivity contribution is 5.75. The average molecular weight is 323 g/mol. The largest absolute Gasteiger partial charge is 0.505 e. The summed E-state index contributed by atoms with van der Waals surface area (Å²) in [5.74, 6) is 0.412. The summed E-state index contributed by atoms with van der Waals surface area (Å²) in [6, 6.07) is 6.24. The number of aromatic hydroxyl groups is 1. The molecule has 0 aliphatic rings. The van der Waals surface area contributed by atoms with Gasteiger partial charge in [0.15, 0.2) is 0 Å². The number of aryl methyl sites for hydroxylation is 1. The number of methoxy groups -OCH3 is 1. The molecule has 1 N–H and O–H groups in total. The van der Waals surface area contributed by atoms with Crippen LogP contribution in [0.4, 0.5) is 13.2 Å². The Balaban J connectivity index is 2.16. The Labute approximate surface area is 128 Å². The molecule has 0 unspecified atom stereocenters. The molecule has 0 saturated heterocycles. The summed E-state index contributed by atoms with van der Waals surface area (Å²) in [5.41, 5.74) is 0.337. The Morgan fingerprint density at radius 3 is 2.43 bits per heavy atom. The van der Waals surface area contributed by atoms with E-state index in [0.29, 0.717) is 11.3 Å². The molecule has 3 aromatic rings. The van der Waals surface area contributed by atoms with Crippen molar-refractivity contribution in [3.05, 3.63) is 41.5 Å². The summed E-state index contributed by atoms with van der Waals surface area (Å²) >= 11 is 0. The predicted molar refractivity (Wildman–Crippen MR) is 76.8 cm³/mol. The van der Waals surface area contributed by atoms with Gasteiger partial charge in [0.25, 0.3) is 0 Å². The number of halogens is 3. The van der Waals surface area contributed by atoms with Gasteiger partial charge in [0.1, 0.15) is 28.2 Å². The summed E-state index contributed by atoms with van der Waals surface area (Å²) in [6.07, 6.45) is -4.45. The molecule has 0 aliphatic carbocycles. The Kier molecular flexibility index (Phi) is 3.39. The van der Waals surface area contributed by atoms with Crippen LogP contribution in [0, 0.1) is 6.92 Å². The fraction of sp³-hybridized carbons (Fsp3) is 0.200. The number of rotatable bonds is 2. The van der Waals surface area contributed by atoms with Crippen molar-refractivity contribution in [1.29, 1.82) is 0 Å². The minimum atomic E-state index is -4.45. The van der Waals surface area contributed by atoms with E-state index in [9.17, 15) is 18.3 Å². The van der Waals surface area contributed by atoms with Crippen LogP contribution < -0.4 is 4.74 Å². The maximum atomic E-state index is 12.7. The first-order valence-corrected chi connectivity index (χ1v) is 6.62. The zero-order valence-electron chi connectivity index (χ0n) is 12.2. The average Bonchev–Trinajstić information content (AvgIpc) is 2.91. The minimum absolute atomic E-state index is 0.0675. The molecule has 120 valence electrons. The van der Waals surface area contributed by atoms with Crippen LogP contribution in [0.25, 0.3) is 16.7 Å². The number of benzene rings is 2. The zero-order chi connectivity index (χ0) is 16.8. The van der Waals surface area contributed by atoms with Gasteiger partial charge >= 0.3 is 6.18 Å². The smallest absolute Gasteiger partial charge is 0.416 e. The fourth-order valence-electron chi connectivity index (χ4n) is 2.20. The summed E-state index contributed by atoms with van der Waals surface area (Å²) in [6.45, 7) is 1.67. The molecule has 0 atom stereocenters. The molecular weight excluding hydrogens is 311 g/mol. The van der Waals surface area contributed by atoms with Crippen LogP contribution in [0.5, 0.6) is 11.5 Å². The maximum Gasteiger partial charge on any atom is 0.416 e. The number of alkyl halides is 3. The van der Waals surface area contributed by atoms with Crippen molar-refractivity contribution in [3.63, 3.8) is 0 Å². The summed E-state index contributed by atoms with van der Waals surface area (Å²) < 4.78 is 43.4. The highest BCUT2D eigenvalue weighted by Crippen LogP contribution is 2.32. The molecule has 0 aliphatic heterocycles. The quantitative estimate of drug-likeness (QED) is 0.784. The van der Waals surface area contributed by atoms with E-state index in [2.05, 4.69) is 10.2 Å². The Morgan fingerprint density at radius 2 is 1.78 bits per heavy atom. The molecule has 0 bridgehead atoms. The lowest BCUT2D eigenvalue weighted by molar-refractivity contribution is -0.137. The number of ether oxygens (including phenoxy) is 1. The third-order valence-corrected chi connectivity index (χ3v) is 3.41. The van der Waals surface area contributed by atoms with Crippen molar-refractivity contribution in [2.45, 2.75) is 13.1 Å². The third kappa shape index (κ3) is 2.67. The molecule has 0 radical (unpaired) electrons. The number of aromatic nitrogens is 3. The maximum absolute atomic E-state index is 12.7. The molecule has 3 rings (SSSR count). The second-order valence-corrected chi connectivity index (χ2v) is 5.00. The lowest BCUT2D eigenvalue weighted by atomic mass is 10.2. The zero-order valence-corrected chi connectivity index (χ0v) is 12.2. The lowest BCUT2D eigenvalue weighted by Gasteiger charge is -2.08. The van der Waals surface area contributed by atoms with E-state index in [4.69, 9.17) is 4.74 Å². The number of hydrogen-bond acceptors (Lipinski definition) is 4. The summed E-state index contributed by atoms with van der Waals surface area (Å²) in [4.78, 5) is 1.09. The molecule has 0 fully saturated rings. The number of phenolic OH excluding ortho intramolecular Hbond substituents is 1. The Bertz CT molecular complexity index is 888. The molecule has 1 heterocycles. The topological polar surface area (TPSA) is 60.2 Å². The molecule has 1 aromatic heterocycles. The number of nitrogens with zero attached hydrogens (tertiary/aromatic N) is 3. The van der Waals surface area contributed by atoms with Crippen LogP contribution in [0.3, 0.4) is 0 Å². The van der Waals surface area contributed by atoms with Gasteiger partial charge in [-0.05, 0) is 36.8 Å². The van der Waals surface area contributed by atoms with Crippen LogP contribution in [0.15, 0.2) is 30.3 Å². The molecule has 8 heteroatoms. The van der Waals surface area contributed by atoms with Gasteiger partial charge in [0.05, 0.1) is 12.7 Å². The Morgan fingerprint density at radius 1 is 1.09 bits per heavy atom. The normalized spacial score (nSPS) is 11.9. The van der Waals surface area contributed by atoms with Crippen LogP contribution in [0.1, 0.15) is 11.1 Å². The highest BCUT2D eigenvalue weighted by atomic mass is 19.4. The lowest BCUT2D eigenvalue weighted by Crippen LogP contribution is -2.04. The van der Waals surface area contributed by atoms with Crippen molar-refractivity contribution in [2.24, 2.45) is 0 Å². The second kappa shape index (κ2) is 5.15. The van der Waals surface area contributed by atoms with Gasteiger partial charge in [0.2, 0.25) is 0 Å². The Hall–Kier alpha value is -2.77. The van der Waals surface area contributed by atoms with Crippen molar-refractivity contribution in [1.82, 2.24) is 15.0 Å². The van der Waals surface area contributed by atoms with Crippen LogP contribution >= 0.6 is 0 Å². The number of hydrogen-bond donors (Lipinski definition) is 1. The van der Waals surface area contributed by atoms with Gasteiger partial charge in [-0.2, -0.15) is 13.2 Å². The van der Waals surface area contributed by atoms with E-state index >= 15 is 0 Å². The summed E-state index contributed by atoms with van der Waals surface area (Å²) in [5, 5.41) is 18.3. The van der Waals surface area contributed by atoms with E-state index < -0.39 is 11.7 Å².